The van der Waals surface area contributed by atoms with Crippen LogP contribution in [0.25, 0.3) is 11.1 Å². The van der Waals surface area contributed by atoms with E-state index >= 15 is 0 Å². The van der Waals surface area contributed by atoms with Crippen molar-refractivity contribution in [2.24, 2.45) is 0 Å². The van der Waals surface area contributed by atoms with Gasteiger partial charge in [-0.1, -0.05) is 36.4 Å². The minimum absolute atomic E-state index is 0.00662. The van der Waals surface area contributed by atoms with Gasteiger partial charge < -0.3 is 14.6 Å². The monoisotopic (exact) mass is 326 g/mol. The Bertz CT molecular complexity index is 1110. The molecular weight excluding hydrogens is 312 g/mol. The summed E-state index contributed by atoms with van der Waals surface area (Å²) in [6.45, 7) is 0.480. The van der Waals surface area contributed by atoms with Crippen LogP contribution in [-0.4, -0.2) is 17.1 Å². The second-order valence-corrected chi connectivity index (χ2v) is 6.61. The van der Waals surface area contributed by atoms with E-state index in [9.17, 15) is 4.79 Å². The van der Waals surface area contributed by atoms with Crippen molar-refractivity contribution >= 4 is 22.7 Å². The van der Waals surface area contributed by atoms with Crippen LogP contribution in [0.4, 0.5) is 5.69 Å². The number of hydrogen-bond acceptors (Lipinski definition) is 2. The lowest BCUT2D eigenvalue weighted by Crippen LogP contribution is -2.41. The number of anilines is 1. The van der Waals surface area contributed by atoms with Crippen LogP contribution in [0.15, 0.2) is 66.9 Å². The van der Waals surface area contributed by atoms with E-state index in [-0.39, 0.29) is 5.91 Å². The molecule has 4 heterocycles. The summed E-state index contributed by atoms with van der Waals surface area (Å²) in [5.74, 6) is 0.830. The zero-order valence-corrected chi connectivity index (χ0v) is 13.3. The maximum absolute atomic E-state index is 13.4. The molecule has 1 N–H and O–H groups in total. The van der Waals surface area contributed by atoms with Gasteiger partial charge in [-0.25, -0.2) is 0 Å². The van der Waals surface area contributed by atoms with Gasteiger partial charge in [-0.05, 0) is 24.3 Å². The van der Waals surface area contributed by atoms with Crippen molar-refractivity contribution in [3.63, 3.8) is 0 Å². The fourth-order valence-electron chi connectivity index (χ4n) is 4.57. The van der Waals surface area contributed by atoms with E-state index in [1.807, 2.05) is 60.8 Å². The van der Waals surface area contributed by atoms with Crippen molar-refractivity contribution in [1.29, 1.82) is 0 Å². The number of carbonyl (C=O) groups is 1. The molecule has 3 aliphatic rings. The topological polar surface area (TPSA) is 43.3 Å². The fourth-order valence-corrected chi connectivity index (χ4v) is 4.57. The Kier molecular flexibility index (Phi) is 2.21. The molecule has 0 bridgehead atoms. The molecule has 1 aromatic heterocycles. The summed E-state index contributed by atoms with van der Waals surface area (Å²) in [7, 11) is 0. The van der Waals surface area contributed by atoms with Crippen LogP contribution in [-0.2, 0) is 10.3 Å². The molecule has 4 heteroatoms. The van der Waals surface area contributed by atoms with Gasteiger partial charge in [0.2, 0.25) is 0 Å². The van der Waals surface area contributed by atoms with Gasteiger partial charge >= 0.3 is 0 Å². The molecular formula is C21H14N2O2. The molecule has 3 aliphatic heterocycles. The number of benzene rings is 2. The van der Waals surface area contributed by atoms with Crippen LogP contribution >= 0.6 is 0 Å². The molecule has 2 aromatic carbocycles. The van der Waals surface area contributed by atoms with E-state index < -0.39 is 5.54 Å². The van der Waals surface area contributed by atoms with Crippen LogP contribution in [0.3, 0.4) is 0 Å². The van der Waals surface area contributed by atoms with Gasteiger partial charge in [-0.2, -0.15) is 0 Å². The summed E-state index contributed by atoms with van der Waals surface area (Å²) in [6.07, 6.45) is 2.00. The minimum Gasteiger partial charge on any atom is -0.488 e. The molecule has 3 aromatic rings. The Morgan fingerprint density at radius 1 is 1.00 bits per heavy atom. The number of hydrogen-bond donors (Lipinski definition) is 1. The standard InChI is InChI=1S/C21H14N2O2/c24-20-21(15-7-2-3-8-16(15)22-20)19-13-6-1-4-10-18(13)25-12-14(19)17-9-5-11-23(17)21/h1-11H,12H2,(H,22,24). The Morgan fingerprint density at radius 2 is 1.84 bits per heavy atom. The lowest BCUT2D eigenvalue weighted by atomic mass is 9.78. The number of amides is 1. The van der Waals surface area contributed by atoms with Crippen LogP contribution < -0.4 is 10.1 Å². The van der Waals surface area contributed by atoms with Gasteiger partial charge in [0.25, 0.3) is 5.91 Å². The second-order valence-electron chi connectivity index (χ2n) is 6.61. The lowest BCUT2D eigenvalue weighted by Gasteiger charge is -2.31. The highest BCUT2D eigenvalue weighted by Crippen LogP contribution is 2.57. The van der Waals surface area contributed by atoms with E-state index in [4.69, 9.17) is 4.74 Å². The SMILES string of the molecule is O=C1Nc2ccccc2C12C1=C(COc3ccccc31)c1cccn12. The molecule has 1 unspecified atom stereocenters. The molecule has 0 fully saturated rings. The number of carbonyl (C=O) groups excluding carboxylic acids is 1. The lowest BCUT2D eigenvalue weighted by molar-refractivity contribution is -0.119. The number of nitrogens with one attached hydrogen (secondary N) is 1. The molecule has 6 rings (SSSR count). The molecule has 0 radical (unpaired) electrons. The van der Waals surface area contributed by atoms with Gasteiger partial charge in [0.05, 0.1) is 0 Å². The molecule has 1 amide bonds. The summed E-state index contributed by atoms with van der Waals surface area (Å²) in [5, 5.41) is 3.09. The van der Waals surface area contributed by atoms with Gasteiger partial charge in [0, 0.05) is 39.9 Å². The van der Waals surface area contributed by atoms with E-state index in [1.54, 1.807) is 0 Å². The first-order chi connectivity index (χ1) is 12.3. The Morgan fingerprint density at radius 3 is 2.80 bits per heavy atom. The van der Waals surface area contributed by atoms with Crippen molar-refractivity contribution in [3.8, 4) is 5.75 Å². The Labute approximate surface area is 144 Å². The summed E-state index contributed by atoms with van der Waals surface area (Å²) >= 11 is 0. The molecule has 1 atom stereocenters. The number of rotatable bonds is 0. The van der Waals surface area contributed by atoms with Crippen molar-refractivity contribution < 1.29 is 9.53 Å². The van der Waals surface area contributed by atoms with E-state index in [0.717, 1.165) is 39.4 Å². The van der Waals surface area contributed by atoms with Gasteiger partial charge in [0.15, 0.2) is 5.54 Å². The normalized spacial score (nSPS) is 22.2. The summed E-state index contributed by atoms with van der Waals surface area (Å²) in [5.41, 5.74) is 5.22. The number of para-hydroxylation sites is 2. The Balaban J connectivity index is 1.78. The van der Waals surface area contributed by atoms with E-state index in [2.05, 4.69) is 16.0 Å². The molecule has 4 nitrogen and oxygen atoms in total. The molecule has 25 heavy (non-hydrogen) atoms. The zero-order valence-electron chi connectivity index (χ0n) is 13.3. The highest BCUT2D eigenvalue weighted by molar-refractivity contribution is 6.21. The number of aromatic nitrogens is 1. The van der Waals surface area contributed by atoms with E-state index in [1.165, 1.54) is 0 Å². The number of fused-ring (bicyclic) bond motifs is 8. The Hall–Kier alpha value is -3.27. The maximum atomic E-state index is 13.4. The average molecular weight is 326 g/mol. The van der Waals surface area contributed by atoms with Crippen molar-refractivity contribution in [3.05, 3.63) is 83.7 Å². The zero-order chi connectivity index (χ0) is 16.6. The molecule has 120 valence electrons. The molecule has 1 spiro atoms. The predicted molar refractivity (Wildman–Crippen MR) is 95.3 cm³/mol. The summed E-state index contributed by atoms with van der Waals surface area (Å²) in [6, 6.07) is 20.0. The molecule has 0 aliphatic carbocycles. The van der Waals surface area contributed by atoms with Crippen LogP contribution in [0.1, 0.15) is 16.8 Å². The highest BCUT2D eigenvalue weighted by atomic mass is 16.5. The maximum Gasteiger partial charge on any atom is 0.260 e. The largest absolute Gasteiger partial charge is 0.488 e. The van der Waals surface area contributed by atoms with Gasteiger partial charge in [0.1, 0.15) is 12.4 Å². The average Bonchev–Trinajstić information content (AvgIpc) is 3.30. The second kappa shape index (κ2) is 4.22. The van der Waals surface area contributed by atoms with Crippen molar-refractivity contribution in [2.75, 3.05) is 11.9 Å². The summed E-state index contributed by atoms with van der Waals surface area (Å²) in [4.78, 5) is 13.4. The van der Waals surface area contributed by atoms with Gasteiger partial charge in [-0.3, -0.25) is 4.79 Å². The van der Waals surface area contributed by atoms with Crippen molar-refractivity contribution in [1.82, 2.24) is 4.57 Å². The first-order valence-electron chi connectivity index (χ1n) is 8.37. The van der Waals surface area contributed by atoms with Crippen molar-refractivity contribution in [2.45, 2.75) is 5.54 Å². The number of ether oxygens (including phenoxy) is 1. The fraction of sp³-hybridized carbons (Fsp3) is 0.0952. The third-order valence-corrected chi connectivity index (χ3v) is 5.50. The highest BCUT2D eigenvalue weighted by Gasteiger charge is 2.57. The van der Waals surface area contributed by atoms with Gasteiger partial charge in [-0.15, -0.1) is 0 Å². The molecule has 0 saturated carbocycles. The van der Waals surface area contributed by atoms with Crippen LogP contribution in [0.2, 0.25) is 0 Å². The molecule has 0 saturated heterocycles. The third kappa shape index (κ3) is 1.34. The van der Waals surface area contributed by atoms with Crippen LogP contribution in [0, 0.1) is 0 Å². The predicted octanol–water partition coefficient (Wildman–Crippen LogP) is 3.50. The number of nitrogens with zero attached hydrogens (tertiary/aromatic N) is 1. The first-order valence-corrected chi connectivity index (χ1v) is 8.37. The quantitative estimate of drug-likeness (QED) is 0.687. The minimum atomic E-state index is -0.857. The smallest absolute Gasteiger partial charge is 0.260 e. The first kappa shape index (κ1) is 13.1. The third-order valence-electron chi connectivity index (χ3n) is 5.50. The summed E-state index contributed by atoms with van der Waals surface area (Å²) < 4.78 is 8.09. The van der Waals surface area contributed by atoms with E-state index in [0.29, 0.717) is 6.61 Å². The van der Waals surface area contributed by atoms with Crippen LogP contribution in [0.5, 0.6) is 5.75 Å².